The summed E-state index contributed by atoms with van der Waals surface area (Å²) in [6, 6.07) is 2.32. The summed E-state index contributed by atoms with van der Waals surface area (Å²) < 4.78 is 0. The third-order valence-corrected chi connectivity index (χ3v) is 3.24. The SMILES string of the molecule is Cc1cc(NCCC2CCCN2)ncc1[N+](=O)[O-]. The lowest BCUT2D eigenvalue weighted by atomic mass is 10.1. The minimum absolute atomic E-state index is 0.0676. The molecule has 1 aliphatic heterocycles. The van der Waals surface area contributed by atoms with E-state index < -0.39 is 4.92 Å². The highest BCUT2D eigenvalue weighted by Gasteiger charge is 2.14. The number of aryl methyl sites for hydroxylation is 1. The van der Waals surface area contributed by atoms with E-state index in [4.69, 9.17) is 0 Å². The summed E-state index contributed by atoms with van der Waals surface area (Å²) in [6.45, 7) is 3.67. The lowest BCUT2D eigenvalue weighted by Gasteiger charge is -2.11. The first kappa shape index (κ1) is 12.8. The van der Waals surface area contributed by atoms with Gasteiger partial charge in [-0.05, 0) is 38.8 Å². The van der Waals surface area contributed by atoms with Gasteiger partial charge in [0.2, 0.25) is 0 Å². The van der Waals surface area contributed by atoms with Crippen LogP contribution >= 0.6 is 0 Å². The van der Waals surface area contributed by atoms with E-state index in [1.54, 1.807) is 13.0 Å². The van der Waals surface area contributed by atoms with Crippen molar-refractivity contribution in [3.05, 3.63) is 27.9 Å². The molecule has 2 N–H and O–H groups in total. The number of aromatic nitrogens is 1. The van der Waals surface area contributed by atoms with Crippen molar-refractivity contribution in [1.82, 2.24) is 10.3 Å². The number of hydrogen-bond acceptors (Lipinski definition) is 5. The molecule has 2 heterocycles. The smallest absolute Gasteiger partial charge is 0.290 e. The number of hydrogen-bond donors (Lipinski definition) is 2. The summed E-state index contributed by atoms with van der Waals surface area (Å²) in [5, 5.41) is 17.3. The van der Waals surface area contributed by atoms with Crippen LogP contribution in [0, 0.1) is 17.0 Å². The van der Waals surface area contributed by atoms with Crippen molar-refractivity contribution in [2.24, 2.45) is 0 Å². The second-order valence-corrected chi connectivity index (χ2v) is 4.62. The highest BCUT2D eigenvalue weighted by Crippen LogP contribution is 2.19. The lowest BCUT2D eigenvalue weighted by molar-refractivity contribution is -0.385. The van der Waals surface area contributed by atoms with Crippen LogP contribution in [0.25, 0.3) is 0 Å². The summed E-state index contributed by atoms with van der Waals surface area (Å²) in [4.78, 5) is 14.3. The molecule has 2 rings (SSSR count). The molecule has 98 valence electrons. The monoisotopic (exact) mass is 250 g/mol. The van der Waals surface area contributed by atoms with Gasteiger partial charge in [-0.1, -0.05) is 0 Å². The molecule has 6 heteroatoms. The Morgan fingerprint density at radius 1 is 1.67 bits per heavy atom. The average Bonchev–Trinajstić information content (AvgIpc) is 2.81. The molecular formula is C12H18N4O2. The van der Waals surface area contributed by atoms with Crippen molar-refractivity contribution in [2.45, 2.75) is 32.2 Å². The predicted octanol–water partition coefficient (Wildman–Crippen LogP) is 1.85. The van der Waals surface area contributed by atoms with Crippen LogP contribution in [-0.4, -0.2) is 29.0 Å². The van der Waals surface area contributed by atoms with Gasteiger partial charge >= 0.3 is 0 Å². The minimum atomic E-state index is -0.408. The van der Waals surface area contributed by atoms with E-state index in [0.717, 1.165) is 19.5 Å². The quantitative estimate of drug-likeness (QED) is 0.615. The lowest BCUT2D eigenvalue weighted by Crippen LogP contribution is -2.24. The van der Waals surface area contributed by atoms with Gasteiger partial charge in [-0.15, -0.1) is 0 Å². The third kappa shape index (κ3) is 3.16. The molecule has 0 radical (unpaired) electrons. The van der Waals surface area contributed by atoms with Gasteiger partial charge < -0.3 is 10.6 Å². The van der Waals surface area contributed by atoms with Crippen molar-refractivity contribution < 1.29 is 4.92 Å². The summed E-state index contributed by atoms with van der Waals surface area (Å²) in [6.07, 6.45) is 4.84. The largest absolute Gasteiger partial charge is 0.370 e. The Balaban J connectivity index is 1.85. The molecule has 1 aliphatic rings. The van der Waals surface area contributed by atoms with Gasteiger partial charge in [-0.2, -0.15) is 0 Å². The highest BCUT2D eigenvalue weighted by molar-refractivity contribution is 5.46. The first-order chi connectivity index (χ1) is 8.66. The molecular weight excluding hydrogens is 232 g/mol. The van der Waals surface area contributed by atoms with Gasteiger partial charge in [0.25, 0.3) is 5.69 Å². The van der Waals surface area contributed by atoms with Crippen LogP contribution in [0.2, 0.25) is 0 Å². The maximum absolute atomic E-state index is 10.7. The van der Waals surface area contributed by atoms with Crippen LogP contribution in [0.5, 0.6) is 0 Å². The van der Waals surface area contributed by atoms with Crippen molar-refractivity contribution in [3.8, 4) is 0 Å². The van der Waals surface area contributed by atoms with Crippen molar-refractivity contribution in [3.63, 3.8) is 0 Å². The van der Waals surface area contributed by atoms with Gasteiger partial charge in [-0.3, -0.25) is 10.1 Å². The topological polar surface area (TPSA) is 80.1 Å². The maximum atomic E-state index is 10.7. The maximum Gasteiger partial charge on any atom is 0.290 e. The molecule has 0 bridgehead atoms. The van der Waals surface area contributed by atoms with E-state index >= 15 is 0 Å². The van der Waals surface area contributed by atoms with Gasteiger partial charge in [0.05, 0.1) is 4.92 Å². The van der Waals surface area contributed by atoms with Crippen molar-refractivity contribution in [1.29, 1.82) is 0 Å². The van der Waals surface area contributed by atoms with Crippen molar-refractivity contribution >= 4 is 11.5 Å². The average molecular weight is 250 g/mol. The van der Waals surface area contributed by atoms with E-state index in [0.29, 0.717) is 17.4 Å². The molecule has 0 amide bonds. The normalized spacial score (nSPS) is 18.8. The number of pyridine rings is 1. The second-order valence-electron chi connectivity index (χ2n) is 4.62. The Morgan fingerprint density at radius 3 is 3.11 bits per heavy atom. The number of nitro groups is 1. The fourth-order valence-corrected chi connectivity index (χ4v) is 2.21. The molecule has 1 aromatic heterocycles. The Hall–Kier alpha value is -1.69. The first-order valence-corrected chi connectivity index (χ1v) is 6.25. The number of rotatable bonds is 5. The Labute approximate surface area is 106 Å². The molecule has 0 spiro atoms. The zero-order chi connectivity index (χ0) is 13.0. The molecule has 0 aliphatic carbocycles. The molecule has 6 nitrogen and oxygen atoms in total. The van der Waals surface area contributed by atoms with Crippen molar-refractivity contribution in [2.75, 3.05) is 18.4 Å². The zero-order valence-electron chi connectivity index (χ0n) is 10.5. The fourth-order valence-electron chi connectivity index (χ4n) is 2.21. The van der Waals surface area contributed by atoms with E-state index in [-0.39, 0.29) is 5.69 Å². The van der Waals surface area contributed by atoms with Gasteiger partial charge in [0.15, 0.2) is 0 Å². The fraction of sp³-hybridized carbons (Fsp3) is 0.583. The predicted molar refractivity (Wildman–Crippen MR) is 69.8 cm³/mol. The third-order valence-electron chi connectivity index (χ3n) is 3.24. The molecule has 0 aromatic carbocycles. The van der Waals surface area contributed by atoms with Gasteiger partial charge in [0.1, 0.15) is 12.0 Å². The summed E-state index contributed by atoms with van der Waals surface area (Å²) >= 11 is 0. The van der Waals surface area contributed by atoms with E-state index in [1.807, 2.05) is 0 Å². The Bertz CT molecular complexity index is 430. The first-order valence-electron chi connectivity index (χ1n) is 6.25. The molecule has 0 saturated carbocycles. The number of nitrogens with zero attached hydrogens (tertiary/aromatic N) is 2. The van der Waals surface area contributed by atoms with Crippen LogP contribution in [-0.2, 0) is 0 Å². The van der Waals surface area contributed by atoms with Crippen LogP contribution in [0.4, 0.5) is 11.5 Å². The van der Waals surface area contributed by atoms with Gasteiger partial charge in [0, 0.05) is 18.2 Å². The molecule has 1 fully saturated rings. The summed E-state index contributed by atoms with van der Waals surface area (Å²) in [5.74, 6) is 0.705. The molecule has 1 saturated heterocycles. The van der Waals surface area contributed by atoms with E-state index in [2.05, 4.69) is 15.6 Å². The molecule has 1 aromatic rings. The molecule has 18 heavy (non-hydrogen) atoms. The zero-order valence-corrected chi connectivity index (χ0v) is 10.5. The van der Waals surface area contributed by atoms with Crippen LogP contribution in [0.3, 0.4) is 0 Å². The second kappa shape index (κ2) is 5.77. The number of anilines is 1. The highest BCUT2D eigenvalue weighted by atomic mass is 16.6. The standard InChI is InChI=1S/C12H18N4O2/c1-9-7-12(15-8-11(9)16(17)18)14-6-4-10-3-2-5-13-10/h7-8,10,13H,2-6H2,1H3,(H,14,15). The van der Waals surface area contributed by atoms with Crippen LogP contribution < -0.4 is 10.6 Å². The number of nitrogens with one attached hydrogen (secondary N) is 2. The Morgan fingerprint density at radius 2 is 2.50 bits per heavy atom. The van der Waals surface area contributed by atoms with Crippen LogP contribution in [0.15, 0.2) is 12.3 Å². The summed E-state index contributed by atoms with van der Waals surface area (Å²) in [7, 11) is 0. The van der Waals surface area contributed by atoms with Gasteiger partial charge in [-0.25, -0.2) is 4.98 Å². The minimum Gasteiger partial charge on any atom is -0.370 e. The summed E-state index contributed by atoms with van der Waals surface area (Å²) in [5.41, 5.74) is 0.703. The Kier molecular flexibility index (Phi) is 4.09. The molecule has 1 unspecified atom stereocenters. The van der Waals surface area contributed by atoms with E-state index in [9.17, 15) is 10.1 Å². The van der Waals surface area contributed by atoms with E-state index in [1.165, 1.54) is 19.0 Å². The molecule has 1 atom stereocenters. The van der Waals surface area contributed by atoms with Crippen LogP contribution in [0.1, 0.15) is 24.8 Å².